The molecule has 0 N–H and O–H groups in total. The van der Waals surface area contributed by atoms with E-state index < -0.39 is 0 Å². The van der Waals surface area contributed by atoms with Crippen molar-refractivity contribution in [3.63, 3.8) is 0 Å². The maximum absolute atomic E-state index is 13.1. The van der Waals surface area contributed by atoms with Crippen molar-refractivity contribution >= 4 is 11.8 Å². The Morgan fingerprint density at radius 1 is 1.04 bits per heavy atom. The van der Waals surface area contributed by atoms with Crippen LogP contribution in [-0.2, 0) is 22.7 Å². The molecular weight excluding hydrogens is 340 g/mol. The molecule has 3 rings (SSSR count). The van der Waals surface area contributed by atoms with Crippen molar-refractivity contribution in [2.24, 2.45) is 5.92 Å². The molecule has 1 aromatic heterocycles. The van der Waals surface area contributed by atoms with Crippen molar-refractivity contribution in [2.75, 3.05) is 6.54 Å². The molecule has 2 aromatic rings. The highest BCUT2D eigenvalue weighted by Crippen LogP contribution is 2.28. The average Bonchev–Trinajstić information content (AvgIpc) is 3.35. The first-order valence-electron chi connectivity index (χ1n) is 9.66. The van der Waals surface area contributed by atoms with Gasteiger partial charge in [0.1, 0.15) is 12.3 Å². The van der Waals surface area contributed by atoms with Gasteiger partial charge in [0.2, 0.25) is 11.8 Å². The number of nitrogens with zero attached hydrogens (tertiary/aromatic N) is 2. The molecule has 5 heteroatoms. The fourth-order valence-corrected chi connectivity index (χ4v) is 3.15. The number of hydrogen-bond donors (Lipinski definition) is 0. The van der Waals surface area contributed by atoms with Gasteiger partial charge in [0.05, 0.1) is 12.8 Å². The van der Waals surface area contributed by atoms with Crippen LogP contribution >= 0.6 is 0 Å². The minimum Gasteiger partial charge on any atom is -0.467 e. The monoisotopic (exact) mass is 368 g/mol. The Balaban J connectivity index is 1.71. The van der Waals surface area contributed by atoms with Crippen molar-refractivity contribution in [1.82, 2.24) is 9.80 Å². The topological polar surface area (TPSA) is 53.8 Å². The number of hydrogen-bond acceptors (Lipinski definition) is 3. The molecule has 0 bridgehead atoms. The smallest absolute Gasteiger partial charge is 0.242 e. The first-order chi connectivity index (χ1) is 13.0. The molecule has 0 atom stereocenters. The van der Waals surface area contributed by atoms with E-state index in [9.17, 15) is 9.59 Å². The average molecular weight is 368 g/mol. The number of carbonyl (C=O) groups is 2. The van der Waals surface area contributed by atoms with E-state index in [4.69, 9.17) is 4.42 Å². The highest BCUT2D eigenvalue weighted by Gasteiger charge is 2.34. The lowest BCUT2D eigenvalue weighted by Gasteiger charge is -2.28. The van der Waals surface area contributed by atoms with Crippen LogP contribution < -0.4 is 0 Å². The summed E-state index contributed by atoms with van der Waals surface area (Å²) >= 11 is 0. The molecule has 1 heterocycles. The third-order valence-electron chi connectivity index (χ3n) is 4.69. The zero-order chi connectivity index (χ0) is 19.2. The quantitative estimate of drug-likeness (QED) is 0.676. The van der Waals surface area contributed by atoms with Crippen LogP contribution in [0, 0.1) is 5.92 Å². The molecule has 1 aromatic carbocycles. The zero-order valence-electron chi connectivity index (χ0n) is 16.1. The maximum atomic E-state index is 13.1. The van der Waals surface area contributed by atoms with Crippen LogP contribution in [0.15, 0.2) is 53.1 Å². The van der Waals surface area contributed by atoms with Crippen LogP contribution in [0.25, 0.3) is 0 Å². The fourth-order valence-electron chi connectivity index (χ4n) is 3.15. The predicted molar refractivity (Wildman–Crippen MR) is 104 cm³/mol. The van der Waals surface area contributed by atoms with Crippen LogP contribution in [-0.4, -0.2) is 34.2 Å². The number of furan rings is 1. The third-order valence-corrected chi connectivity index (χ3v) is 4.69. The molecule has 0 aliphatic heterocycles. The van der Waals surface area contributed by atoms with Gasteiger partial charge in [0, 0.05) is 19.0 Å². The van der Waals surface area contributed by atoms with Crippen molar-refractivity contribution < 1.29 is 14.0 Å². The molecule has 1 saturated carbocycles. The van der Waals surface area contributed by atoms with Crippen molar-refractivity contribution in [2.45, 2.75) is 52.2 Å². The van der Waals surface area contributed by atoms with Gasteiger partial charge in [0.15, 0.2) is 0 Å². The molecule has 2 amide bonds. The van der Waals surface area contributed by atoms with Crippen LogP contribution in [0.5, 0.6) is 0 Å². The van der Waals surface area contributed by atoms with E-state index in [-0.39, 0.29) is 30.3 Å². The summed E-state index contributed by atoms with van der Waals surface area (Å²) in [5.41, 5.74) is 1.06. The number of benzene rings is 1. The SMILES string of the molecule is CC(C)CC(=O)N(CC(=O)N(Cc1ccccc1)Cc1ccco1)C1CC1. The van der Waals surface area contributed by atoms with Gasteiger partial charge in [-0.05, 0) is 36.5 Å². The van der Waals surface area contributed by atoms with Gasteiger partial charge in [-0.1, -0.05) is 44.2 Å². The summed E-state index contributed by atoms with van der Waals surface area (Å²) in [7, 11) is 0. The summed E-state index contributed by atoms with van der Waals surface area (Å²) in [6.45, 7) is 5.10. The van der Waals surface area contributed by atoms with E-state index >= 15 is 0 Å². The van der Waals surface area contributed by atoms with E-state index in [1.165, 1.54) is 0 Å². The van der Waals surface area contributed by atoms with Crippen molar-refractivity contribution in [3.05, 3.63) is 60.1 Å². The van der Waals surface area contributed by atoms with Gasteiger partial charge in [0.25, 0.3) is 0 Å². The number of rotatable bonds is 9. The van der Waals surface area contributed by atoms with E-state index in [2.05, 4.69) is 0 Å². The standard InChI is InChI=1S/C22H28N2O3/c1-17(2)13-21(25)24(19-10-11-19)16-22(26)23(15-20-9-6-12-27-20)14-18-7-4-3-5-8-18/h3-9,12,17,19H,10-11,13-16H2,1-2H3. The van der Waals surface area contributed by atoms with Gasteiger partial charge in [-0.2, -0.15) is 0 Å². The second-order valence-electron chi connectivity index (χ2n) is 7.67. The van der Waals surface area contributed by atoms with Gasteiger partial charge in [-0.15, -0.1) is 0 Å². The highest BCUT2D eigenvalue weighted by molar-refractivity contribution is 5.85. The lowest BCUT2D eigenvalue weighted by Crippen LogP contribution is -2.43. The molecule has 1 fully saturated rings. The van der Waals surface area contributed by atoms with E-state index in [1.807, 2.05) is 56.3 Å². The summed E-state index contributed by atoms with van der Waals surface area (Å²) in [5, 5.41) is 0. The molecule has 5 nitrogen and oxygen atoms in total. The van der Waals surface area contributed by atoms with Crippen LogP contribution in [0.2, 0.25) is 0 Å². The Hall–Kier alpha value is -2.56. The van der Waals surface area contributed by atoms with Crippen LogP contribution in [0.1, 0.15) is 44.4 Å². The number of carbonyl (C=O) groups excluding carboxylic acids is 2. The lowest BCUT2D eigenvalue weighted by atomic mass is 10.1. The van der Waals surface area contributed by atoms with Gasteiger partial charge < -0.3 is 14.2 Å². The fraction of sp³-hybridized carbons (Fsp3) is 0.455. The molecule has 1 aliphatic carbocycles. The van der Waals surface area contributed by atoms with E-state index in [1.54, 1.807) is 16.1 Å². The second-order valence-corrected chi connectivity index (χ2v) is 7.67. The molecule has 0 saturated heterocycles. The van der Waals surface area contributed by atoms with Crippen LogP contribution in [0.4, 0.5) is 0 Å². The molecule has 144 valence electrons. The Morgan fingerprint density at radius 3 is 2.37 bits per heavy atom. The molecular formula is C22H28N2O3. The largest absolute Gasteiger partial charge is 0.467 e. The van der Waals surface area contributed by atoms with Gasteiger partial charge >= 0.3 is 0 Å². The highest BCUT2D eigenvalue weighted by atomic mass is 16.3. The minimum absolute atomic E-state index is 0.0424. The third kappa shape index (κ3) is 5.71. The summed E-state index contributed by atoms with van der Waals surface area (Å²) in [6, 6.07) is 13.8. The maximum Gasteiger partial charge on any atom is 0.242 e. The molecule has 0 unspecified atom stereocenters. The normalized spacial score (nSPS) is 13.6. The Bertz CT molecular complexity index is 736. The number of amides is 2. The zero-order valence-corrected chi connectivity index (χ0v) is 16.1. The van der Waals surface area contributed by atoms with Crippen LogP contribution in [0.3, 0.4) is 0 Å². The molecule has 1 aliphatic rings. The second kappa shape index (κ2) is 8.89. The van der Waals surface area contributed by atoms with Crippen molar-refractivity contribution in [1.29, 1.82) is 0 Å². The van der Waals surface area contributed by atoms with Gasteiger partial charge in [-0.3, -0.25) is 9.59 Å². The Labute approximate surface area is 160 Å². The summed E-state index contributed by atoms with van der Waals surface area (Å²) < 4.78 is 5.44. The Kier molecular flexibility index (Phi) is 6.32. The lowest BCUT2D eigenvalue weighted by molar-refractivity contribution is -0.142. The summed E-state index contributed by atoms with van der Waals surface area (Å²) in [5.74, 6) is 1.07. The molecule has 0 spiro atoms. The van der Waals surface area contributed by atoms with E-state index in [0.29, 0.717) is 19.5 Å². The summed E-state index contributed by atoms with van der Waals surface area (Å²) in [4.78, 5) is 29.3. The van der Waals surface area contributed by atoms with Gasteiger partial charge in [-0.25, -0.2) is 0 Å². The summed E-state index contributed by atoms with van der Waals surface area (Å²) in [6.07, 6.45) is 4.09. The first-order valence-corrected chi connectivity index (χ1v) is 9.66. The van der Waals surface area contributed by atoms with Crippen molar-refractivity contribution in [3.8, 4) is 0 Å². The predicted octanol–water partition coefficient (Wildman–Crippen LogP) is 3.85. The minimum atomic E-state index is -0.0424. The first kappa shape index (κ1) is 19.2. The molecule has 27 heavy (non-hydrogen) atoms. The molecule has 0 radical (unpaired) electrons. The van der Waals surface area contributed by atoms with E-state index in [0.717, 1.165) is 24.2 Å². The Morgan fingerprint density at radius 2 is 1.78 bits per heavy atom.